The maximum atomic E-state index is 12.8. The molecule has 25 heavy (non-hydrogen) atoms. The van der Waals surface area contributed by atoms with Crippen LogP contribution >= 0.6 is 7.60 Å². The summed E-state index contributed by atoms with van der Waals surface area (Å²) in [5.74, 6) is -1.03. The molecule has 1 atom stereocenters. The fourth-order valence-corrected chi connectivity index (χ4v) is 3.57. The van der Waals surface area contributed by atoms with E-state index in [1.165, 1.54) is 14.2 Å². The summed E-state index contributed by atoms with van der Waals surface area (Å²) >= 11 is 0. The van der Waals surface area contributed by atoms with E-state index in [4.69, 9.17) is 18.5 Å². The third-order valence-corrected chi connectivity index (χ3v) is 5.67. The van der Waals surface area contributed by atoms with Crippen molar-refractivity contribution in [3.8, 4) is 5.75 Å². The predicted molar refractivity (Wildman–Crippen MR) is 94.0 cm³/mol. The summed E-state index contributed by atoms with van der Waals surface area (Å²) < 4.78 is 33.6. The fourth-order valence-electron chi connectivity index (χ4n) is 2.29. The lowest BCUT2D eigenvalue weighted by Gasteiger charge is -2.24. The molecule has 0 saturated heterocycles. The Morgan fingerprint density at radius 3 is 2.28 bits per heavy atom. The average molecular weight is 364 g/mol. The smallest absolute Gasteiger partial charge is 0.370 e. The van der Waals surface area contributed by atoms with Crippen molar-refractivity contribution in [2.24, 2.45) is 0 Å². The van der Waals surface area contributed by atoms with Crippen molar-refractivity contribution in [1.82, 2.24) is 0 Å². The molecule has 2 aromatic carbocycles. The molecular weight excluding hydrogens is 343 g/mol. The summed E-state index contributed by atoms with van der Waals surface area (Å²) in [6.07, 6.45) is 0.161. The maximum absolute atomic E-state index is 12.8. The molecule has 0 radical (unpaired) electrons. The van der Waals surface area contributed by atoms with Crippen LogP contribution in [0, 0.1) is 0 Å². The van der Waals surface area contributed by atoms with E-state index in [0.717, 1.165) is 5.56 Å². The molecule has 0 heterocycles. The summed E-state index contributed by atoms with van der Waals surface area (Å²) in [4.78, 5) is 12.4. The van der Waals surface area contributed by atoms with Crippen molar-refractivity contribution >= 4 is 13.6 Å². The molecule has 0 aliphatic heterocycles. The summed E-state index contributed by atoms with van der Waals surface area (Å²) in [6, 6.07) is 15.7. The van der Waals surface area contributed by atoms with Gasteiger partial charge >= 0.3 is 13.6 Å². The molecule has 6 nitrogen and oxygen atoms in total. The minimum Gasteiger partial charge on any atom is -0.497 e. The van der Waals surface area contributed by atoms with Crippen LogP contribution in [0.25, 0.3) is 0 Å². The van der Waals surface area contributed by atoms with Gasteiger partial charge in [-0.15, -0.1) is 0 Å². The molecule has 0 amide bonds. The number of carbonyl (C=O) groups excluding carboxylic acids is 1. The Morgan fingerprint density at radius 1 is 1.00 bits per heavy atom. The van der Waals surface area contributed by atoms with E-state index >= 15 is 0 Å². The van der Waals surface area contributed by atoms with E-state index in [0.29, 0.717) is 11.3 Å². The van der Waals surface area contributed by atoms with E-state index in [1.807, 2.05) is 6.07 Å². The van der Waals surface area contributed by atoms with Crippen molar-refractivity contribution < 1.29 is 27.9 Å². The summed E-state index contributed by atoms with van der Waals surface area (Å²) in [5.41, 5.74) is 1.14. The lowest BCUT2D eigenvalue weighted by molar-refractivity contribution is 0.0385. The molecule has 0 unspecified atom stereocenters. The van der Waals surface area contributed by atoms with Crippen LogP contribution in [-0.4, -0.2) is 33.1 Å². The summed E-state index contributed by atoms with van der Waals surface area (Å²) in [6.45, 7) is 0. The van der Waals surface area contributed by atoms with E-state index < -0.39 is 19.4 Å². The summed E-state index contributed by atoms with van der Waals surface area (Å²) in [7, 11) is 0.444. The van der Waals surface area contributed by atoms with Crippen LogP contribution in [-0.2, 0) is 24.8 Å². The topological polar surface area (TPSA) is 71.1 Å². The van der Waals surface area contributed by atoms with Gasteiger partial charge in [-0.3, -0.25) is 4.57 Å². The largest absolute Gasteiger partial charge is 0.497 e. The third-order valence-electron chi connectivity index (χ3n) is 3.66. The molecule has 0 aliphatic rings. The number of hydrogen-bond donors (Lipinski definition) is 0. The Hall–Kier alpha value is -2.14. The first kappa shape index (κ1) is 19.2. The van der Waals surface area contributed by atoms with Crippen molar-refractivity contribution in [2.75, 3.05) is 21.3 Å². The highest BCUT2D eigenvalue weighted by Gasteiger charge is 2.38. The number of benzene rings is 2. The van der Waals surface area contributed by atoms with E-state index in [-0.39, 0.29) is 6.42 Å². The van der Waals surface area contributed by atoms with Gasteiger partial charge in [0.2, 0.25) is 5.85 Å². The van der Waals surface area contributed by atoms with Gasteiger partial charge in [-0.2, -0.15) is 0 Å². The molecule has 0 bridgehead atoms. The fraction of sp³-hybridized carbons (Fsp3) is 0.278. The minimum atomic E-state index is -3.64. The molecule has 134 valence electrons. The zero-order valence-electron chi connectivity index (χ0n) is 14.4. The van der Waals surface area contributed by atoms with Crippen molar-refractivity contribution in [3.63, 3.8) is 0 Å². The zero-order chi connectivity index (χ0) is 18.3. The Kier molecular flexibility index (Phi) is 6.76. The molecule has 0 aliphatic carbocycles. The minimum absolute atomic E-state index is 0.161. The standard InChI is InChI=1S/C18H21O6P/c1-21-16-11-7-8-14(12-16)13-17(25(20,22-2)23-3)24-18(19)15-9-5-4-6-10-15/h4-12,17H,13H2,1-3H3/t17-/m1/s1. The maximum Gasteiger partial charge on any atom is 0.370 e. The molecule has 0 saturated carbocycles. The van der Waals surface area contributed by atoms with Gasteiger partial charge in [-0.05, 0) is 29.8 Å². The number of hydrogen-bond acceptors (Lipinski definition) is 6. The lowest BCUT2D eigenvalue weighted by Crippen LogP contribution is -2.22. The number of carbonyl (C=O) groups is 1. The van der Waals surface area contributed by atoms with E-state index in [9.17, 15) is 9.36 Å². The Morgan fingerprint density at radius 2 is 1.68 bits per heavy atom. The first-order valence-corrected chi connectivity index (χ1v) is 9.23. The zero-order valence-corrected chi connectivity index (χ0v) is 15.3. The van der Waals surface area contributed by atoms with Crippen LogP contribution < -0.4 is 4.74 Å². The number of esters is 1. The molecule has 0 fully saturated rings. The number of rotatable bonds is 8. The lowest BCUT2D eigenvalue weighted by atomic mass is 10.1. The second kappa shape index (κ2) is 8.81. The van der Waals surface area contributed by atoms with E-state index in [1.54, 1.807) is 55.6 Å². The highest BCUT2D eigenvalue weighted by molar-refractivity contribution is 7.54. The van der Waals surface area contributed by atoms with Gasteiger partial charge in [-0.25, -0.2) is 4.79 Å². The SMILES string of the molecule is COc1cccc(C[C@H](OC(=O)c2ccccc2)P(=O)(OC)OC)c1. The van der Waals surface area contributed by atoms with Crippen molar-refractivity contribution in [1.29, 1.82) is 0 Å². The van der Waals surface area contributed by atoms with Gasteiger partial charge < -0.3 is 18.5 Å². The summed E-state index contributed by atoms with van der Waals surface area (Å²) in [5, 5.41) is 0. The van der Waals surface area contributed by atoms with Gasteiger partial charge in [-0.1, -0.05) is 30.3 Å². The van der Waals surface area contributed by atoms with Crippen LogP contribution in [0.3, 0.4) is 0 Å². The molecule has 7 heteroatoms. The van der Waals surface area contributed by atoms with Crippen LogP contribution in [0.2, 0.25) is 0 Å². The Balaban J connectivity index is 2.27. The molecule has 0 N–H and O–H groups in total. The monoisotopic (exact) mass is 364 g/mol. The van der Waals surface area contributed by atoms with E-state index in [2.05, 4.69) is 0 Å². The first-order chi connectivity index (χ1) is 12.0. The third kappa shape index (κ3) is 4.92. The second-order valence-electron chi connectivity index (χ2n) is 5.19. The number of methoxy groups -OCH3 is 1. The van der Waals surface area contributed by atoms with Crippen LogP contribution in [0.1, 0.15) is 15.9 Å². The highest BCUT2D eigenvalue weighted by atomic mass is 31.2. The Labute approximate surface area is 147 Å². The average Bonchev–Trinajstić information content (AvgIpc) is 2.67. The van der Waals surface area contributed by atoms with Crippen LogP contribution in [0.15, 0.2) is 54.6 Å². The van der Waals surface area contributed by atoms with Crippen molar-refractivity contribution in [2.45, 2.75) is 12.3 Å². The van der Waals surface area contributed by atoms with Gasteiger partial charge in [0.25, 0.3) is 0 Å². The Bertz CT molecular complexity index is 738. The van der Waals surface area contributed by atoms with Crippen LogP contribution in [0.4, 0.5) is 0 Å². The molecule has 2 rings (SSSR count). The van der Waals surface area contributed by atoms with Gasteiger partial charge in [0.15, 0.2) is 0 Å². The van der Waals surface area contributed by atoms with Crippen LogP contribution in [0.5, 0.6) is 5.75 Å². The van der Waals surface area contributed by atoms with Crippen molar-refractivity contribution in [3.05, 3.63) is 65.7 Å². The molecular formula is C18H21O6P. The molecule has 0 spiro atoms. The molecule has 2 aromatic rings. The highest BCUT2D eigenvalue weighted by Crippen LogP contribution is 2.53. The number of ether oxygens (including phenoxy) is 2. The molecule has 0 aromatic heterocycles. The quantitative estimate of drug-likeness (QED) is 0.522. The first-order valence-electron chi connectivity index (χ1n) is 7.62. The predicted octanol–water partition coefficient (Wildman–Crippen LogP) is 3.91. The van der Waals surface area contributed by atoms with Gasteiger partial charge in [0, 0.05) is 20.6 Å². The van der Waals surface area contributed by atoms with Gasteiger partial charge in [0.1, 0.15) is 5.75 Å². The van der Waals surface area contributed by atoms with Gasteiger partial charge in [0.05, 0.1) is 12.7 Å². The second-order valence-corrected chi connectivity index (χ2v) is 7.57. The normalized spacial score (nSPS) is 12.4.